The molecule has 3 atom stereocenters. The molecule has 7 heteroatoms. The Morgan fingerprint density at radius 2 is 1.43 bits per heavy atom. The molecule has 157 valence electrons. The molecule has 0 bridgehead atoms. The predicted molar refractivity (Wildman–Crippen MR) is 118 cm³/mol. The number of aliphatic hydroxyl groups excluding tert-OH is 1. The Kier molecular flexibility index (Phi) is 14.4. The maximum atomic E-state index is 12.6. The molecule has 1 fully saturated rings. The van der Waals surface area contributed by atoms with Gasteiger partial charge in [0.2, 0.25) is 0 Å². The molecule has 0 spiro atoms. The van der Waals surface area contributed by atoms with Crippen LogP contribution in [0.1, 0.15) is 58.1 Å². The van der Waals surface area contributed by atoms with Crippen LogP contribution in [-0.4, -0.2) is 38.4 Å². The molecule has 2 aromatic rings. The van der Waals surface area contributed by atoms with Gasteiger partial charge >= 0.3 is 29.6 Å². The van der Waals surface area contributed by atoms with E-state index < -0.39 is 0 Å². The Labute approximate surface area is 204 Å². The van der Waals surface area contributed by atoms with Crippen LogP contribution in [0.3, 0.4) is 0 Å². The molecule has 2 aliphatic rings. The Balaban J connectivity index is 0. The Hall–Kier alpha value is -1.05. The van der Waals surface area contributed by atoms with Crippen LogP contribution in [0.4, 0.5) is 8.78 Å². The summed E-state index contributed by atoms with van der Waals surface area (Å²) in [5.74, 6) is -0.342. The zero-order valence-electron chi connectivity index (χ0n) is 19.4. The number of nitrogens with zero attached hydrogens (tertiary/aromatic N) is 1. The number of hydrogen-bond donors (Lipinski definition) is 2. The predicted octanol–water partition coefficient (Wildman–Crippen LogP) is 1.78. The standard InChI is InChI=1S/C11H14FN.C11H12FN.CH4O.B.Na.H/c2*1-8-2-7-11(13-8)9-3-5-10(12)6-4-9;1-2;;;/h3-6,8,11,13H,2,7H2,1H3;3-6,8H,2,7H2,1H3;2H,1H3;;;/q;;;;+1;-1/t8-,11?;8-;;;;/m00..../s1. The summed E-state index contributed by atoms with van der Waals surface area (Å²) in [6.07, 6.45) is 4.51. The summed E-state index contributed by atoms with van der Waals surface area (Å²) in [5, 5.41) is 10.5. The molecule has 0 saturated carbocycles. The second-order valence-electron chi connectivity index (χ2n) is 7.22. The maximum absolute atomic E-state index is 12.6. The molecule has 2 N–H and O–H groups in total. The second kappa shape index (κ2) is 14.9. The monoisotopic (exact) mass is 423 g/mol. The number of hydrogen-bond acceptors (Lipinski definition) is 3. The summed E-state index contributed by atoms with van der Waals surface area (Å²) in [6.45, 7) is 4.29. The largest absolute Gasteiger partial charge is 1.00 e. The van der Waals surface area contributed by atoms with Gasteiger partial charge in [-0.05, 0) is 74.9 Å². The molecule has 0 amide bonds. The molecule has 2 aliphatic heterocycles. The van der Waals surface area contributed by atoms with E-state index in [0.29, 0.717) is 18.1 Å². The molecular formula is C23H31BF2N2NaO. The molecule has 3 radical (unpaired) electrons. The smallest absolute Gasteiger partial charge is 1.00 e. The van der Waals surface area contributed by atoms with Gasteiger partial charge in [-0.3, -0.25) is 4.99 Å². The number of rotatable bonds is 2. The first kappa shape index (κ1) is 29.0. The van der Waals surface area contributed by atoms with Crippen molar-refractivity contribution in [3.8, 4) is 0 Å². The Morgan fingerprint density at radius 1 is 0.900 bits per heavy atom. The van der Waals surface area contributed by atoms with E-state index >= 15 is 0 Å². The first-order valence-corrected chi connectivity index (χ1v) is 9.80. The molecule has 2 aromatic carbocycles. The van der Waals surface area contributed by atoms with Gasteiger partial charge in [0.1, 0.15) is 11.6 Å². The van der Waals surface area contributed by atoms with Gasteiger partial charge in [-0.25, -0.2) is 8.78 Å². The molecule has 3 nitrogen and oxygen atoms in total. The van der Waals surface area contributed by atoms with E-state index in [1.54, 1.807) is 12.1 Å². The van der Waals surface area contributed by atoms with Gasteiger partial charge in [-0.1, -0.05) is 24.3 Å². The molecule has 2 heterocycles. The van der Waals surface area contributed by atoms with Crippen LogP contribution in [-0.2, 0) is 0 Å². The van der Waals surface area contributed by atoms with Crippen LogP contribution in [0.25, 0.3) is 0 Å². The van der Waals surface area contributed by atoms with Crippen LogP contribution in [0.2, 0.25) is 0 Å². The van der Waals surface area contributed by atoms with E-state index in [1.165, 1.54) is 36.2 Å². The maximum Gasteiger partial charge on any atom is 1.00 e. The normalized spacial score (nSPS) is 21.7. The van der Waals surface area contributed by atoms with Crippen molar-refractivity contribution < 1.29 is 44.9 Å². The van der Waals surface area contributed by atoms with Gasteiger partial charge in [-0.15, -0.1) is 0 Å². The third-order valence-corrected chi connectivity index (χ3v) is 5.00. The Morgan fingerprint density at radius 3 is 1.87 bits per heavy atom. The van der Waals surface area contributed by atoms with Crippen molar-refractivity contribution in [2.45, 2.75) is 57.7 Å². The van der Waals surface area contributed by atoms with Crippen LogP contribution in [0.15, 0.2) is 53.5 Å². The minimum atomic E-state index is -0.185. The van der Waals surface area contributed by atoms with Crippen LogP contribution in [0.5, 0.6) is 0 Å². The topological polar surface area (TPSA) is 44.6 Å². The summed E-state index contributed by atoms with van der Waals surface area (Å²) >= 11 is 0. The van der Waals surface area contributed by atoms with Crippen molar-refractivity contribution in [2.75, 3.05) is 7.11 Å². The first-order chi connectivity index (χ1) is 13.5. The van der Waals surface area contributed by atoms with E-state index in [9.17, 15) is 8.78 Å². The number of benzene rings is 2. The molecule has 0 aromatic heterocycles. The van der Waals surface area contributed by atoms with Crippen molar-refractivity contribution >= 4 is 14.1 Å². The van der Waals surface area contributed by atoms with Crippen molar-refractivity contribution in [2.24, 2.45) is 4.99 Å². The Bertz CT molecular complexity index is 763. The van der Waals surface area contributed by atoms with E-state index in [2.05, 4.69) is 24.2 Å². The van der Waals surface area contributed by atoms with Crippen molar-refractivity contribution in [3.05, 3.63) is 71.3 Å². The minimum Gasteiger partial charge on any atom is -1.00 e. The van der Waals surface area contributed by atoms with Gasteiger partial charge in [-0.2, -0.15) is 0 Å². The number of halogens is 2. The summed E-state index contributed by atoms with van der Waals surface area (Å²) in [4.78, 5) is 4.48. The van der Waals surface area contributed by atoms with Gasteiger partial charge < -0.3 is 11.8 Å². The summed E-state index contributed by atoms with van der Waals surface area (Å²) in [6, 6.07) is 14.8. The first-order valence-electron chi connectivity index (χ1n) is 9.80. The molecule has 1 unspecified atom stereocenters. The van der Waals surface area contributed by atoms with E-state index in [0.717, 1.165) is 37.6 Å². The summed E-state index contributed by atoms with van der Waals surface area (Å²) < 4.78 is 25.2. The average Bonchev–Trinajstić information content (AvgIpc) is 3.34. The molecule has 1 saturated heterocycles. The van der Waals surface area contributed by atoms with Crippen LogP contribution < -0.4 is 34.9 Å². The van der Waals surface area contributed by atoms with E-state index in [1.807, 2.05) is 12.1 Å². The number of aliphatic imine (C=N–C) groups is 1. The van der Waals surface area contributed by atoms with Gasteiger partial charge in [0.05, 0.1) is 0 Å². The fourth-order valence-electron chi connectivity index (χ4n) is 3.49. The number of nitrogens with one attached hydrogen (secondary N) is 1. The quantitative estimate of drug-likeness (QED) is 0.724. The number of aliphatic hydroxyl groups is 1. The summed E-state index contributed by atoms with van der Waals surface area (Å²) in [5.41, 5.74) is 3.38. The van der Waals surface area contributed by atoms with Crippen molar-refractivity contribution in [3.63, 3.8) is 0 Å². The zero-order chi connectivity index (χ0) is 20.5. The fourth-order valence-corrected chi connectivity index (χ4v) is 3.49. The SMILES string of the molecule is CO.C[C@H]1CCC(c2ccc(F)cc2)=N1.C[C@H]1CCC(c2ccc(F)cc2)N1.[B].[H-].[Na+]. The van der Waals surface area contributed by atoms with Gasteiger partial charge in [0.15, 0.2) is 0 Å². The summed E-state index contributed by atoms with van der Waals surface area (Å²) in [7, 11) is 1.00. The van der Waals surface area contributed by atoms with Gasteiger partial charge in [0.25, 0.3) is 0 Å². The van der Waals surface area contributed by atoms with E-state index in [4.69, 9.17) is 5.11 Å². The third-order valence-electron chi connectivity index (χ3n) is 5.00. The van der Waals surface area contributed by atoms with Crippen molar-refractivity contribution in [1.29, 1.82) is 0 Å². The van der Waals surface area contributed by atoms with Crippen LogP contribution in [0, 0.1) is 11.6 Å². The molecule has 0 aliphatic carbocycles. The minimum absolute atomic E-state index is 0. The molecule has 30 heavy (non-hydrogen) atoms. The van der Waals surface area contributed by atoms with Gasteiger partial charge in [0, 0.05) is 39.4 Å². The van der Waals surface area contributed by atoms with E-state index in [-0.39, 0.29) is 51.0 Å². The molecular weight excluding hydrogens is 392 g/mol. The third kappa shape index (κ3) is 8.99. The van der Waals surface area contributed by atoms with Crippen molar-refractivity contribution in [1.82, 2.24) is 5.32 Å². The van der Waals surface area contributed by atoms with Crippen LogP contribution >= 0.6 is 0 Å². The fraction of sp³-hybridized carbons (Fsp3) is 0.435. The molecule has 4 rings (SSSR count). The second-order valence-corrected chi connectivity index (χ2v) is 7.22. The zero-order valence-corrected chi connectivity index (χ0v) is 20.4. The average molecular weight is 423 g/mol.